The number of hydrogen-bond acceptors (Lipinski definition) is 2. The van der Waals surface area contributed by atoms with Crippen LogP contribution >= 0.6 is 0 Å². The van der Waals surface area contributed by atoms with Gasteiger partial charge in [0, 0.05) is 0 Å². The van der Waals surface area contributed by atoms with E-state index in [9.17, 15) is 18.0 Å². The quantitative estimate of drug-likeness (QED) is 0.364. The Labute approximate surface area is 61.6 Å². The minimum Gasteiger partial charge on any atom is -0.501 e. The van der Waals surface area contributed by atoms with Crippen molar-refractivity contribution in [1.29, 1.82) is 0 Å². The van der Waals surface area contributed by atoms with Gasteiger partial charge in [0.1, 0.15) is 5.57 Å². The molecule has 0 aromatic rings. The van der Waals surface area contributed by atoms with E-state index in [0.717, 1.165) is 0 Å². The molecule has 0 aliphatic heterocycles. The van der Waals surface area contributed by atoms with Gasteiger partial charge in [-0.2, -0.15) is 13.2 Å². The van der Waals surface area contributed by atoms with Crippen LogP contribution in [-0.2, 0) is 9.53 Å². The molecule has 0 bridgehead atoms. The third kappa shape index (κ3) is 3.64. The van der Waals surface area contributed by atoms with Crippen molar-refractivity contribution in [2.24, 2.45) is 0 Å². The lowest BCUT2D eigenvalue weighted by atomic mass is 10.3. The maximum absolute atomic E-state index is 11.7. The van der Waals surface area contributed by atoms with Crippen LogP contribution in [0.1, 0.15) is 6.92 Å². The van der Waals surface area contributed by atoms with Gasteiger partial charge in [-0.25, -0.2) is 0 Å². The molecule has 0 rings (SSSR count). The van der Waals surface area contributed by atoms with E-state index in [-0.39, 0.29) is 12.9 Å². The van der Waals surface area contributed by atoms with Gasteiger partial charge in [0.2, 0.25) is 0 Å². The molecule has 0 saturated carbocycles. The molecule has 0 aromatic heterocycles. The van der Waals surface area contributed by atoms with Crippen LogP contribution in [-0.4, -0.2) is 19.1 Å². The fourth-order valence-electron chi connectivity index (χ4n) is 0.335. The molecule has 2 nitrogen and oxygen atoms in total. The van der Waals surface area contributed by atoms with Crippen LogP contribution in [0.5, 0.6) is 0 Å². The molecule has 0 heterocycles. The van der Waals surface area contributed by atoms with Gasteiger partial charge in [0.05, 0.1) is 12.9 Å². The summed E-state index contributed by atoms with van der Waals surface area (Å²) in [6.07, 6.45) is -4.49. The maximum Gasteiger partial charge on any atom is 0.422 e. The summed E-state index contributed by atoms with van der Waals surface area (Å²) in [7, 11) is 0. The fourth-order valence-corrected chi connectivity index (χ4v) is 0.335. The molecule has 0 aromatic carbocycles. The zero-order valence-electron chi connectivity index (χ0n) is 5.81. The Hall–Kier alpha value is -1.00. The molecule has 0 saturated heterocycles. The minimum absolute atomic E-state index is 0.105. The first kappa shape index (κ1) is 10.0. The van der Waals surface area contributed by atoms with Gasteiger partial charge in [-0.15, -0.1) is 0 Å². The highest BCUT2D eigenvalue weighted by molar-refractivity contribution is 5.74. The molecule has 11 heavy (non-hydrogen) atoms. The van der Waals surface area contributed by atoms with E-state index >= 15 is 0 Å². The standard InChI is InChI=1S/C6H7F3O2/c1-2-11-4-5(3-10)6(7,8)9/h3-4H,2H2,1H3/b5-4-. The van der Waals surface area contributed by atoms with E-state index in [1.165, 1.54) is 6.92 Å². The lowest BCUT2D eigenvalue weighted by Gasteiger charge is -2.04. The summed E-state index contributed by atoms with van der Waals surface area (Å²) in [4.78, 5) is 9.79. The number of allylic oxidation sites excluding steroid dienone is 1. The van der Waals surface area contributed by atoms with E-state index in [0.29, 0.717) is 6.26 Å². The molecular weight excluding hydrogens is 161 g/mol. The van der Waals surface area contributed by atoms with Crippen LogP contribution in [0.15, 0.2) is 11.8 Å². The second-order valence-electron chi connectivity index (χ2n) is 1.64. The van der Waals surface area contributed by atoms with Crippen molar-refractivity contribution in [3.63, 3.8) is 0 Å². The summed E-state index contributed by atoms with van der Waals surface area (Å²) in [5.74, 6) is 0. The molecule has 0 aliphatic rings. The molecule has 5 heteroatoms. The molecule has 0 amide bonds. The highest BCUT2D eigenvalue weighted by Gasteiger charge is 2.33. The summed E-state index contributed by atoms with van der Waals surface area (Å²) < 4.78 is 39.3. The number of halogens is 3. The number of carbonyl (C=O) groups is 1. The smallest absolute Gasteiger partial charge is 0.422 e. The first-order valence-corrected chi connectivity index (χ1v) is 2.86. The second kappa shape index (κ2) is 4.00. The fraction of sp³-hybridized carbons (Fsp3) is 0.500. The Morgan fingerprint density at radius 2 is 2.09 bits per heavy atom. The predicted octanol–water partition coefficient (Wildman–Crippen LogP) is 1.67. The molecule has 0 unspecified atom stereocenters. The molecule has 0 atom stereocenters. The van der Waals surface area contributed by atoms with Crippen molar-refractivity contribution < 1.29 is 22.7 Å². The number of carbonyl (C=O) groups excluding carboxylic acids is 1. The van der Waals surface area contributed by atoms with Crippen molar-refractivity contribution in [2.75, 3.05) is 6.61 Å². The first-order chi connectivity index (χ1) is 5.02. The topological polar surface area (TPSA) is 26.3 Å². The average Bonchev–Trinajstić information content (AvgIpc) is 1.87. The van der Waals surface area contributed by atoms with Crippen LogP contribution in [0.4, 0.5) is 13.2 Å². The molecular formula is C6H7F3O2. The Bertz CT molecular complexity index is 160. The SMILES string of the molecule is CCO/C=C(/C=O)C(F)(F)F. The van der Waals surface area contributed by atoms with Crippen molar-refractivity contribution in [1.82, 2.24) is 0 Å². The minimum atomic E-state index is -4.61. The van der Waals surface area contributed by atoms with Crippen LogP contribution in [0.3, 0.4) is 0 Å². The Morgan fingerprint density at radius 3 is 2.36 bits per heavy atom. The van der Waals surface area contributed by atoms with Crippen molar-refractivity contribution >= 4 is 6.29 Å². The van der Waals surface area contributed by atoms with E-state index in [1.807, 2.05) is 0 Å². The van der Waals surface area contributed by atoms with E-state index in [4.69, 9.17) is 0 Å². The zero-order valence-corrected chi connectivity index (χ0v) is 5.81. The highest BCUT2D eigenvalue weighted by atomic mass is 19.4. The van der Waals surface area contributed by atoms with Crippen molar-refractivity contribution in [2.45, 2.75) is 13.1 Å². The van der Waals surface area contributed by atoms with E-state index < -0.39 is 11.7 Å². The summed E-state index contributed by atoms with van der Waals surface area (Å²) in [6.45, 7) is 1.63. The van der Waals surface area contributed by atoms with Gasteiger partial charge in [-0.05, 0) is 6.92 Å². The largest absolute Gasteiger partial charge is 0.501 e. The van der Waals surface area contributed by atoms with Gasteiger partial charge in [-0.3, -0.25) is 4.79 Å². The molecule has 0 radical (unpaired) electrons. The number of rotatable bonds is 3. The van der Waals surface area contributed by atoms with Crippen LogP contribution < -0.4 is 0 Å². The highest BCUT2D eigenvalue weighted by Crippen LogP contribution is 2.23. The summed E-state index contributed by atoms with van der Waals surface area (Å²) >= 11 is 0. The maximum atomic E-state index is 11.7. The van der Waals surface area contributed by atoms with E-state index in [1.54, 1.807) is 0 Å². The third-order valence-electron chi connectivity index (χ3n) is 0.831. The molecule has 0 N–H and O–H groups in total. The molecule has 0 fully saturated rings. The number of ether oxygens (including phenoxy) is 1. The lowest BCUT2D eigenvalue weighted by Crippen LogP contribution is -2.13. The summed E-state index contributed by atoms with van der Waals surface area (Å²) in [5, 5.41) is 0. The zero-order chi connectivity index (χ0) is 8.91. The van der Waals surface area contributed by atoms with Gasteiger partial charge in [0.25, 0.3) is 0 Å². The number of hydrogen-bond donors (Lipinski definition) is 0. The lowest BCUT2D eigenvalue weighted by molar-refractivity contribution is -0.120. The van der Waals surface area contributed by atoms with Gasteiger partial charge >= 0.3 is 6.18 Å². The Kier molecular flexibility index (Phi) is 3.64. The molecule has 0 spiro atoms. The molecule has 64 valence electrons. The predicted molar refractivity (Wildman–Crippen MR) is 31.8 cm³/mol. The van der Waals surface area contributed by atoms with Gasteiger partial charge in [0.15, 0.2) is 6.29 Å². The third-order valence-corrected chi connectivity index (χ3v) is 0.831. The van der Waals surface area contributed by atoms with Crippen molar-refractivity contribution in [3.8, 4) is 0 Å². The van der Waals surface area contributed by atoms with Gasteiger partial charge < -0.3 is 4.74 Å². The van der Waals surface area contributed by atoms with Crippen LogP contribution in [0.25, 0.3) is 0 Å². The first-order valence-electron chi connectivity index (χ1n) is 2.86. The Morgan fingerprint density at radius 1 is 1.55 bits per heavy atom. The average molecular weight is 168 g/mol. The molecule has 0 aliphatic carbocycles. The van der Waals surface area contributed by atoms with Crippen LogP contribution in [0, 0.1) is 0 Å². The number of aldehydes is 1. The van der Waals surface area contributed by atoms with E-state index in [2.05, 4.69) is 4.74 Å². The van der Waals surface area contributed by atoms with Crippen molar-refractivity contribution in [3.05, 3.63) is 11.8 Å². The summed E-state index contributed by atoms with van der Waals surface area (Å²) in [5.41, 5.74) is -1.31. The Balaban J connectivity index is 4.27. The number of alkyl halides is 3. The van der Waals surface area contributed by atoms with Crippen LogP contribution in [0.2, 0.25) is 0 Å². The summed E-state index contributed by atoms with van der Waals surface area (Å²) in [6, 6.07) is 0. The van der Waals surface area contributed by atoms with Gasteiger partial charge in [-0.1, -0.05) is 0 Å². The second-order valence-corrected chi connectivity index (χ2v) is 1.64. The normalized spacial score (nSPS) is 12.9. The monoisotopic (exact) mass is 168 g/mol.